The van der Waals surface area contributed by atoms with Crippen molar-refractivity contribution in [2.45, 2.75) is 25.8 Å². The van der Waals surface area contributed by atoms with E-state index in [1.807, 2.05) is 19.1 Å². The molecule has 3 nitrogen and oxygen atoms in total. The van der Waals surface area contributed by atoms with Gasteiger partial charge in [0, 0.05) is 12.8 Å². The van der Waals surface area contributed by atoms with Gasteiger partial charge in [-0.2, -0.15) is 0 Å². The van der Waals surface area contributed by atoms with E-state index in [1.54, 1.807) is 13.2 Å². The minimum atomic E-state index is 0.347. The molecule has 1 aliphatic rings. The second-order valence-electron chi connectivity index (χ2n) is 4.54. The van der Waals surface area contributed by atoms with Gasteiger partial charge in [-0.1, -0.05) is 0 Å². The van der Waals surface area contributed by atoms with Crippen LogP contribution in [0.2, 0.25) is 0 Å². The van der Waals surface area contributed by atoms with Gasteiger partial charge in [-0.25, -0.2) is 0 Å². The first-order valence-electron chi connectivity index (χ1n) is 5.76. The molecule has 2 rings (SSSR count). The number of phenolic OH excluding ortho intramolecular Hbond substituents is 1. The molecular formula is C13H19NO2. The Bertz CT molecular complexity index is 361. The number of hydrogen-bond acceptors (Lipinski definition) is 3. The number of aryl methyl sites for hydroxylation is 1. The van der Waals surface area contributed by atoms with Crippen LogP contribution in [0.25, 0.3) is 0 Å². The van der Waals surface area contributed by atoms with E-state index in [0.717, 1.165) is 23.8 Å². The average Bonchev–Trinajstić information content (AvgIpc) is 3.06. The van der Waals surface area contributed by atoms with Gasteiger partial charge in [-0.15, -0.1) is 0 Å². The predicted molar refractivity (Wildman–Crippen MR) is 64.9 cm³/mol. The topological polar surface area (TPSA) is 41.5 Å². The highest BCUT2D eigenvalue weighted by Gasteiger charge is 2.31. The molecule has 88 valence electrons. The van der Waals surface area contributed by atoms with E-state index >= 15 is 0 Å². The molecule has 0 aromatic heterocycles. The molecule has 1 saturated carbocycles. The van der Waals surface area contributed by atoms with Crippen LogP contribution in [0.15, 0.2) is 18.2 Å². The van der Waals surface area contributed by atoms with E-state index in [2.05, 4.69) is 5.32 Å². The SMILES string of the molecule is COCC(Nc1ccc(O)c(C)c1)C1CC1. The van der Waals surface area contributed by atoms with E-state index in [4.69, 9.17) is 4.74 Å². The summed E-state index contributed by atoms with van der Waals surface area (Å²) in [5.74, 6) is 1.09. The Morgan fingerprint density at radius 1 is 1.50 bits per heavy atom. The number of benzene rings is 1. The van der Waals surface area contributed by atoms with Crippen molar-refractivity contribution in [2.75, 3.05) is 19.0 Å². The molecule has 2 N–H and O–H groups in total. The zero-order chi connectivity index (χ0) is 11.5. The molecular weight excluding hydrogens is 202 g/mol. The number of nitrogens with one attached hydrogen (secondary N) is 1. The van der Waals surface area contributed by atoms with Crippen LogP contribution in [-0.2, 0) is 4.74 Å². The zero-order valence-electron chi connectivity index (χ0n) is 9.86. The molecule has 0 aliphatic heterocycles. The standard InChI is InChI=1S/C13H19NO2/c1-9-7-11(5-6-13(9)15)14-12(8-16-2)10-3-4-10/h5-7,10,12,14-15H,3-4,8H2,1-2H3. The highest BCUT2D eigenvalue weighted by atomic mass is 16.5. The summed E-state index contributed by atoms with van der Waals surface area (Å²) in [6.45, 7) is 2.65. The van der Waals surface area contributed by atoms with Crippen LogP contribution in [0.3, 0.4) is 0 Å². The first-order chi connectivity index (χ1) is 7.70. The lowest BCUT2D eigenvalue weighted by Gasteiger charge is -2.19. The van der Waals surface area contributed by atoms with Gasteiger partial charge in [0.2, 0.25) is 0 Å². The highest BCUT2D eigenvalue weighted by molar-refractivity contribution is 5.51. The van der Waals surface area contributed by atoms with Crippen LogP contribution in [0.1, 0.15) is 18.4 Å². The molecule has 1 aromatic carbocycles. The monoisotopic (exact) mass is 221 g/mol. The number of aromatic hydroxyl groups is 1. The minimum Gasteiger partial charge on any atom is -0.508 e. The first-order valence-corrected chi connectivity index (χ1v) is 5.76. The van der Waals surface area contributed by atoms with Crippen molar-refractivity contribution in [3.63, 3.8) is 0 Å². The van der Waals surface area contributed by atoms with Gasteiger partial charge in [0.15, 0.2) is 0 Å². The van der Waals surface area contributed by atoms with E-state index in [9.17, 15) is 5.11 Å². The number of ether oxygens (including phenoxy) is 1. The number of phenols is 1. The van der Waals surface area contributed by atoms with E-state index in [0.29, 0.717) is 11.8 Å². The first kappa shape index (κ1) is 11.3. The molecule has 1 atom stereocenters. The van der Waals surface area contributed by atoms with Crippen LogP contribution in [0, 0.1) is 12.8 Å². The van der Waals surface area contributed by atoms with Gasteiger partial charge in [-0.3, -0.25) is 0 Å². The molecule has 1 fully saturated rings. The summed E-state index contributed by atoms with van der Waals surface area (Å²) in [6, 6.07) is 6.01. The van der Waals surface area contributed by atoms with E-state index < -0.39 is 0 Å². The fourth-order valence-electron chi connectivity index (χ4n) is 1.93. The molecule has 0 bridgehead atoms. The lowest BCUT2D eigenvalue weighted by atomic mass is 10.1. The summed E-state index contributed by atoms with van der Waals surface area (Å²) >= 11 is 0. The third-order valence-electron chi connectivity index (χ3n) is 3.09. The number of anilines is 1. The molecule has 0 spiro atoms. The third-order valence-corrected chi connectivity index (χ3v) is 3.09. The molecule has 0 radical (unpaired) electrons. The molecule has 1 aliphatic carbocycles. The molecule has 16 heavy (non-hydrogen) atoms. The molecule has 1 unspecified atom stereocenters. The van der Waals surface area contributed by atoms with Crippen LogP contribution >= 0.6 is 0 Å². The zero-order valence-corrected chi connectivity index (χ0v) is 9.86. The van der Waals surface area contributed by atoms with E-state index in [1.165, 1.54) is 12.8 Å². The summed E-state index contributed by atoms with van der Waals surface area (Å²) in [5.41, 5.74) is 1.96. The van der Waals surface area contributed by atoms with Crippen LogP contribution in [0.5, 0.6) is 5.75 Å². The fraction of sp³-hybridized carbons (Fsp3) is 0.538. The van der Waals surface area contributed by atoms with Gasteiger partial charge < -0.3 is 15.2 Å². The Labute approximate surface area is 96.4 Å². The molecule has 1 aromatic rings. The predicted octanol–water partition coefficient (Wildman–Crippen LogP) is 2.54. The molecule has 0 amide bonds. The summed E-state index contributed by atoms with van der Waals surface area (Å²) in [7, 11) is 1.74. The van der Waals surface area contributed by atoms with Gasteiger partial charge >= 0.3 is 0 Å². The number of rotatable bonds is 5. The summed E-state index contributed by atoms with van der Waals surface area (Å²) in [5, 5.41) is 12.9. The van der Waals surface area contributed by atoms with Crippen LogP contribution < -0.4 is 5.32 Å². The lowest BCUT2D eigenvalue weighted by molar-refractivity contribution is 0.179. The Balaban J connectivity index is 2.03. The van der Waals surface area contributed by atoms with Gasteiger partial charge in [0.1, 0.15) is 5.75 Å². The highest BCUT2D eigenvalue weighted by Crippen LogP contribution is 2.34. The third kappa shape index (κ3) is 2.67. The second-order valence-corrected chi connectivity index (χ2v) is 4.54. The van der Waals surface area contributed by atoms with Crippen molar-refractivity contribution < 1.29 is 9.84 Å². The van der Waals surface area contributed by atoms with Gasteiger partial charge in [0.05, 0.1) is 12.6 Å². The summed E-state index contributed by atoms with van der Waals surface area (Å²) < 4.78 is 5.22. The number of methoxy groups -OCH3 is 1. The van der Waals surface area contributed by atoms with E-state index in [-0.39, 0.29) is 0 Å². The molecule has 0 saturated heterocycles. The Kier molecular flexibility index (Phi) is 3.34. The van der Waals surface area contributed by atoms with Gasteiger partial charge in [0.25, 0.3) is 0 Å². The van der Waals surface area contributed by atoms with Crippen LogP contribution in [0.4, 0.5) is 5.69 Å². The quantitative estimate of drug-likeness (QED) is 0.751. The second kappa shape index (κ2) is 4.74. The van der Waals surface area contributed by atoms with Crippen molar-refractivity contribution in [1.29, 1.82) is 0 Å². The van der Waals surface area contributed by atoms with Crippen LogP contribution in [-0.4, -0.2) is 24.9 Å². The molecule has 0 heterocycles. The normalized spacial score (nSPS) is 17.1. The van der Waals surface area contributed by atoms with Crippen molar-refractivity contribution in [2.24, 2.45) is 5.92 Å². The maximum absolute atomic E-state index is 9.45. The maximum atomic E-state index is 9.45. The van der Waals surface area contributed by atoms with Crippen molar-refractivity contribution in [1.82, 2.24) is 0 Å². The van der Waals surface area contributed by atoms with Crippen molar-refractivity contribution >= 4 is 5.69 Å². The number of hydrogen-bond donors (Lipinski definition) is 2. The Morgan fingerprint density at radius 3 is 2.81 bits per heavy atom. The molecule has 3 heteroatoms. The van der Waals surface area contributed by atoms with Crippen molar-refractivity contribution in [3.05, 3.63) is 23.8 Å². The fourth-order valence-corrected chi connectivity index (χ4v) is 1.93. The summed E-state index contributed by atoms with van der Waals surface area (Å²) in [6.07, 6.45) is 2.58. The summed E-state index contributed by atoms with van der Waals surface area (Å²) in [4.78, 5) is 0. The lowest BCUT2D eigenvalue weighted by Crippen LogP contribution is -2.27. The largest absolute Gasteiger partial charge is 0.508 e. The van der Waals surface area contributed by atoms with Crippen molar-refractivity contribution in [3.8, 4) is 5.75 Å². The smallest absolute Gasteiger partial charge is 0.118 e. The maximum Gasteiger partial charge on any atom is 0.118 e. The minimum absolute atomic E-state index is 0.347. The Hall–Kier alpha value is -1.22. The average molecular weight is 221 g/mol. The van der Waals surface area contributed by atoms with Gasteiger partial charge in [-0.05, 0) is 49.4 Å². The Morgan fingerprint density at radius 2 is 2.25 bits per heavy atom.